The molecule has 0 aliphatic heterocycles. The summed E-state index contributed by atoms with van der Waals surface area (Å²) in [6.45, 7) is 3.43. The van der Waals surface area contributed by atoms with Crippen molar-refractivity contribution in [3.05, 3.63) is 35.9 Å². The Hall–Kier alpha value is -0.860. The highest BCUT2D eigenvalue weighted by Gasteiger charge is 2.36. The van der Waals surface area contributed by atoms with Crippen LogP contribution in [0.25, 0.3) is 0 Å². The average molecular weight is 219 g/mol. The summed E-state index contributed by atoms with van der Waals surface area (Å²) < 4.78 is 0. The minimum absolute atomic E-state index is 0.170. The number of nitrogens with one attached hydrogen (secondary N) is 1. The molecule has 88 valence electrons. The van der Waals surface area contributed by atoms with Gasteiger partial charge >= 0.3 is 0 Å². The lowest BCUT2D eigenvalue weighted by atomic mass is 9.69. The monoisotopic (exact) mass is 219 g/mol. The number of rotatable bonds is 5. The molecular weight excluding hydrogens is 198 g/mol. The van der Waals surface area contributed by atoms with E-state index in [2.05, 4.69) is 36.5 Å². The van der Waals surface area contributed by atoms with E-state index in [-0.39, 0.29) is 5.41 Å². The molecule has 16 heavy (non-hydrogen) atoms. The molecule has 1 aliphatic rings. The maximum atomic E-state index is 9.38. The van der Waals surface area contributed by atoms with E-state index in [1.54, 1.807) is 0 Å². The third kappa shape index (κ3) is 2.45. The van der Waals surface area contributed by atoms with Crippen LogP contribution in [0.1, 0.15) is 37.8 Å². The van der Waals surface area contributed by atoms with E-state index in [9.17, 15) is 5.11 Å². The van der Waals surface area contributed by atoms with Gasteiger partial charge in [0.15, 0.2) is 0 Å². The van der Waals surface area contributed by atoms with Crippen molar-refractivity contribution >= 4 is 0 Å². The highest BCUT2D eigenvalue weighted by Crippen LogP contribution is 2.40. The number of benzene rings is 1. The number of aliphatic hydroxyl groups is 1. The van der Waals surface area contributed by atoms with Crippen LogP contribution >= 0.6 is 0 Å². The van der Waals surface area contributed by atoms with Crippen molar-refractivity contribution < 1.29 is 5.11 Å². The predicted molar refractivity (Wildman–Crippen MR) is 66.2 cm³/mol. The van der Waals surface area contributed by atoms with Gasteiger partial charge in [0.25, 0.3) is 0 Å². The average Bonchev–Trinajstić information content (AvgIpc) is 2.29. The zero-order valence-electron chi connectivity index (χ0n) is 9.95. The second kappa shape index (κ2) is 4.98. The molecule has 0 bridgehead atoms. The van der Waals surface area contributed by atoms with Crippen LogP contribution in [0, 0.1) is 5.41 Å². The third-order valence-corrected chi connectivity index (χ3v) is 3.83. The van der Waals surface area contributed by atoms with E-state index in [0.717, 1.165) is 19.4 Å². The van der Waals surface area contributed by atoms with Crippen LogP contribution in [-0.4, -0.2) is 18.3 Å². The molecule has 2 rings (SSSR count). The van der Waals surface area contributed by atoms with Crippen molar-refractivity contribution in [3.8, 4) is 0 Å². The molecule has 0 aromatic heterocycles. The van der Waals surface area contributed by atoms with Crippen LogP contribution in [0.5, 0.6) is 0 Å². The van der Waals surface area contributed by atoms with Crippen LogP contribution in [-0.2, 0) is 0 Å². The summed E-state index contributed by atoms with van der Waals surface area (Å²) in [5, 5.41) is 12.9. The minimum atomic E-state index is 0.170. The molecular formula is C14H21NO. The highest BCUT2D eigenvalue weighted by atomic mass is 16.3. The Morgan fingerprint density at radius 1 is 1.31 bits per heavy atom. The smallest absolute Gasteiger partial charge is 0.0499 e. The van der Waals surface area contributed by atoms with Crippen molar-refractivity contribution in [2.45, 2.75) is 32.2 Å². The molecule has 1 aromatic rings. The first kappa shape index (κ1) is 11.6. The van der Waals surface area contributed by atoms with Crippen molar-refractivity contribution in [1.29, 1.82) is 0 Å². The summed E-state index contributed by atoms with van der Waals surface area (Å²) >= 11 is 0. The van der Waals surface area contributed by atoms with E-state index in [1.165, 1.54) is 12.0 Å². The Balaban J connectivity index is 1.86. The van der Waals surface area contributed by atoms with Gasteiger partial charge in [-0.2, -0.15) is 0 Å². The van der Waals surface area contributed by atoms with Gasteiger partial charge in [0, 0.05) is 24.6 Å². The van der Waals surface area contributed by atoms with E-state index in [4.69, 9.17) is 0 Å². The molecule has 2 nitrogen and oxygen atoms in total. The molecule has 1 saturated carbocycles. The second-order valence-corrected chi connectivity index (χ2v) is 5.02. The van der Waals surface area contributed by atoms with Gasteiger partial charge in [-0.3, -0.25) is 0 Å². The minimum Gasteiger partial charge on any atom is -0.396 e. The fraction of sp³-hybridized carbons (Fsp3) is 0.571. The standard InChI is InChI=1S/C14H21NO/c1-12(13-6-3-2-4-7-13)15-10-14(11-16)8-5-9-14/h2-4,6-7,12,15-16H,5,8-11H2,1H3. The fourth-order valence-electron chi connectivity index (χ4n) is 2.30. The maximum absolute atomic E-state index is 9.38. The summed E-state index contributed by atoms with van der Waals surface area (Å²) in [7, 11) is 0. The van der Waals surface area contributed by atoms with Gasteiger partial charge in [-0.05, 0) is 25.3 Å². The van der Waals surface area contributed by atoms with Crippen LogP contribution in [0.2, 0.25) is 0 Å². The molecule has 0 saturated heterocycles. The van der Waals surface area contributed by atoms with Gasteiger partial charge in [0.05, 0.1) is 0 Å². The van der Waals surface area contributed by atoms with Crippen molar-refractivity contribution in [3.63, 3.8) is 0 Å². The molecule has 1 fully saturated rings. The lowest BCUT2D eigenvalue weighted by Gasteiger charge is -2.41. The van der Waals surface area contributed by atoms with Crippen molar-refractivity contribution in [2.24, 2.45) is 5.41 Å². The number of hydrogen-bond acceptors (Lipinski definition) is 2. The third-order valence-electron chi connectivity index (χ3n) is 3.83. The Morgan fingerprint density at radius 2 is 2.00 bits per heavy atom. The van der Waals surface area contributed by atoms with Gasteiger partial charge in [0.1, 0.15) is 0 Å². The first-order chi connectivity index (χ1) is 7.76. The molecule has 2 N–H and O–H groups in total. The van der Waals surface area contributed by atoms with Crippen LogP contribution in [0.4, 0.5) is 0 Å². The molecule has 1 atom stereocenters. The highest BCUT2D eigenvalue weighted by molar-refractivity contribution is 5.18. The fourth-order valence-corrected chi connectivity index (χ4v) is 2.30. The van der Waals surface area contributed by atoms with Crippen LogP contribution < -0.4 is 5.32 Å². The molecule has 1 aromatic carbocycles. The summed E-state index contributed by atoms with van der Waals surface area (Å²) in [5.41, 5.74) is 1.48. The largest absolute Gasteiger partial charge is 0.396 e. The molecule has 2 heteroatoms. The topological polar surface area (TPSA) is 32.3 Å². The first-order valence-corrected chi connectivity index (χ1v) is 6.15. The molecule has 0 heterocycles. The second-order valence-electron chi connectivity index (χ2n) is 5.02. The molecule has 0 radical (unpaired) electrons. The zero-order valence-corrected chi connectivity index (χ0v) is 9.95. The Bertz CT molecular complexity index is 313. The van der Waals surface area contributed by atoms with Gasteiger partial charge < -0.3 is 10.4 Å². The molecule has 1 unspecified atom stereocenters. The first-order valence-electron chi connectivity index (χ1n) is 6.15. The molecule has 1 aliphatic carbocycles. The number of aliphatic hydroxyl groups excluding tert-OH is 1. The Morgan fingerprint density at radius 3 is 2.50 bits per heavy atom. The normalized spacial score (nSPS) is 20.1. The quantitative estimate of drug-likeness (QED) is 0.797. The lowest BCUT2D eigenvalue weighted by molar-refractivity contribution is 0.0425. The summed E-state index contributed by atoms with van der Waals surface area (Å²) in [4.78, 5) is 0. The van der Waals surface area contributed by atoms with Crippen molar-refractivity contribution in [2.75, 3.05) is 13.2 Å². The summed E-state index contributed by atoms with van der Waals surface area (Å²) in [6, 6.07) is 10.8. The van der Waals surface area contributed by atoms with Crippen LogP contribution in [0.15, 0.2) is 30.3 Å². The van der Waals surface area contributed by atoms with Gasteiger partial charge in [-0.1, -0.05) is 36.8 Å². The van der Waals surface area contributed by atoms with Gasteiger partial charge in [-0.15, -0.1) is 0 Å². The lowest BCUT2D eigenvalue weighted by Crippen LogP contribution is -2.43. The molecule has 0 amide bonds. The SMILES string of the molecule is CC(NCC1(CO)CCC1)c1ccccc1. The maximum Gasteiger partial charge on any atom is 0.0499 e. The Kier molecular flexibility index (Phi) is 3.62. The van der Waals surface area contributed by atoms with Gasteiger partial charge in [-0.25, -0.2) is 0 Å². The molecule has 0 spiro atoms. The van der Waals surface area contributed by atoms with Crippen molar-refractivity contribution in [1.82, 2.24) is 5.32 Å². The van der Waals surface area contributed by atoms with E-state index < -0.39 is 0 Å². The number of hydrogen-bond donors (Lipinski definition) is 2. The van der Waals surface area contributed by atoms with Gasteiger partial charge in [0.2, 0.25) is 0 Å². The van der Waals surface area contributed by atoms with E-state index in [0.29, 0.717) is 12.6 Å². The van der Waals surface area contributed by atoms with E-state index in [1.807, 2.05) is 6.07 Å². The zero-order chi connectivity index (χ0) is 11.4. The summed E-state index contributed by atoms with van der Waals surface area (Å²) in [5.74, 6) is 0. The predicted octanol–water partition coefficient (Wildman–Crippen LogP) is 2.50. The summed E-state index contributed by atoms with van der Waals surface area (Å²) in [6.07, 6.45) is 3.60. The van der Waals surface area contributed by atoms with E-state index >= 15 is 0 Å². The van der Waals surface area contributed by atoms with Crippen LogP contribution in [0.3, 0.4) is 0 Å². The Labute approximate surface area is 97.7 Å².